The molecule has 0 bridgehead atoms. The van der Waals surface area contributed by atoms with E-state index in [0.29, 0.717) is 6.61 Å². The minimum atomic E-state index is -0.0399. The number of hydrogen-bond donors (Lipinski definition) is 1. The Balaban J connectivity index is 2.10. The molecule has 1 saturated heterocycles. The van der Waals surface area contributed by atoms with E-state index in [9.17, 15) is 0 Å². The first-order valence-corrected chi connectivity index (χ1v) is 5.77. The molecule has 1 aliphatic rings. The Hall–Kier alpha value is -1.53. The highest BCUT2D eigenvalue weighted by Gasteiger charge is 2.22. The lowest BCUT2D eigenvalue weighted by Gasteiger charge is -2.22. The summed E-state index contributed by atoms with van der Waals surface area (Å²) in [6.07, 6.45) is -0.0399. The Kier molecular flexibility index (Phi) is 2.53. The van der Waals surface area contributed by atoms with Crippen LogP contribution in [0.5, 0.6) is 0 Å². The lowest BCUT2D eigenvalue weighted by molar-refractivity contribution is 0.0214. The molecule has 1 N–H and O–H groups in total. The van der Waals surface area contributed by atoms with Crippen LogP contribution in [0.15, 0.2) is 6.07 Å². The highest BCUT2D eigenvalue weighted by Crippen LogP contribution is 2.19. The number of morpholine rings is 1. The molecule has 2 aromatic rings. The standard InChI is InChI=1S/C11H15N5O/c1-7-5-10-14-15-11(16(10)8(2)13-7)9-6-12-3-4-17-9/h5,9,12H,3-4,6H2,1-2H3. The molecule has 1 fully saturated rings. The first-order chi connectivity index (χ1) is 8.25. The third kappa shape index (κ3) is 1.79. The van der Waals surface area contributed by atoms with Crippen LogP contribution in [0.25, 0.3) is 5.65 Å². The summed E-state index contributed by atoms with van der Waals surface area (Å²) in [6.45, 7) is 6.29. The van der Waals surface area contributed by atoms with E-state index in [1.807, 2.05) is 24.3 Å². The Morgan fingerprint density at radius 1 is 1.41 bits per heavy atom. The second kappa shape index (κ2) is 4.05. The maximum absolute atomic E-state index is 5.70. The van der Waals surface area contributed by atoms with Gasteiger partial charge in [-0.3, -0.25) is 4.40 Å². The molecule has 0 amide bonds. The van der Waals surface area contributed by atoms with Crippen LogP contribution in [-0.4, -0.2) is 39.3 Å². The number of ether oxygens (including phenoxy) is 1. The van der Waals surface area contributed by atoms with Gasteiger partial charge in [-0.2, -0.15) is 0 Å². The van der Waals surface area contributed by atoms with Gasteiger partial charge in [0.15, 0.2) is 11.5 Å². The number of nitrogens with zero attached hydrogens (tertiary/aromatic N) is 4. The minimum Gasteiger partial charge on any atom is -0.368 e. The van der Waals surface area contributed by atoms with Crippen LogP contribution in [0.4, 0.5) is 0 Å². The zero-order valence-electron chi connectivity index (χ0n) is 9.97. The fraction of sp³-hybridized carbons (Fsp3) is 0.545. The minimum absolute atomic E-state index is 0.0399. The van der Waals surface area contributed by atoms with Gasteiger partial charge in [0, 0.05) is 24.8 Å². The van der Waals surface area contributed by atoms with E-state index in [0.717, 1.165) is 36.1 Å². The molecule has 1 aliphatic heterocycles. The zero-order valence-corrected chi connectivity index (χ0v) is 9.97. The summed E-state index contributed by atoms with van der Waals surface area (Å²) in [5.41, 5.74) is 1.79. The molecule has 6 heteroatoms. The van der Waals surface area contributed by atoms with Crippen molar-refractivity contribution in [2.24, 2.45) is 0 Å². The molecule has 3 heterocycles. The monoisotopic (exact) mass is 233 g/mol. The average molecular weight is 233 g/mol. The smallest absolute Gasteiger partial charge is 0.169 e. The van der Waals surface area contributed by atoms with E-state index in [-0.39, 0.29) is 6.10 Å². The van der Waals surface area contributed by atoms with E-state index >= 15 is 0 Å². The average Bonchev–Trinajstić information content (AvgIpc) is 2.74. The molecule has 0 radical (unpaired) electrons. The summed E-state index contributed by atoms with van der Waals surface area (Å²) in [6, 6.07) is 1.93. The van der Waals surface area contributed by atoms with Crippen LogP contribution in [0.2, 0.25) is 0 Å². The summed E-state index contributed by atoms with van der Waals surface area (Å²) in [5.74, 6) is 1.73. The predicted molar refractivity (Wildman–Crippen MR) is 61.8 cm³/mol. The van der Waals surface area contributed by atoms with Gasteiger partial charge in [0.2, 0.25) is 0 Å². The fourth-order valence-electron chi connectivity index (χ4n) is 2.20. The SMILES string of the molecule is Cc1cc2nnc(C3CNCCO3)n2c(C)n1. The van der Waals surface area contributed by atoms with Crippen LogP contribution in [0.3, 0.4) is 0 Å². The summed E-state index contributed by atoms with van der Waals surface area (Å²) in [5, 5.41) is 11.7. The summed E-state index contributed by atoms with van der Waals surface area (Å²) in [4.78, 5) is 4.44. The summed E-state index contributed by atoms with van der Waals surface area (Å²) >= 11 is 0. The van der Waals surface area contributed by atoms with Crippen LogP contribution >= 0.6 is 0 Å². The third-order valence-electron chi connectivity index (χ3n) is 2.93. The van der Waals surface area contributed by atoms with E-state index in [4.69, 9.17) is 4.74 Å². The van der Waals surface area contributed by atoms with Gasteiger partial charge in [0.1, 0.15) is 11.9 Å². The first kappa shape index (κ1) is 10.6. The summed E-state index contributed by atoms with van der Waals surface area (Å²) < 4.78 is 7.67. The van der Waals surface area contributed by atoms with Gasteiger partial charge in [0.25, 0.3) is 0 Å². The highest BCUT2D eigenvalue weighted by atomic mass is 16.5. The Labute approximate surface area is 99.0 Å². The number of rotatable bonds is 1. The van der Waals surface area contributed by atoms with Gasteiger partial charge in [-0.25, -0.2) is 4.98 Å². The lowest BCUT2D eigenvalue weighted by atomic mass is 10.3. The molecule has 0 aromatic carbocycles. The Bertz CT molecular complexity index is 544. The molecule has 1 unspecified atom stereocenters. The Morgan fingerprint density at radius 2 is 2.29 bits per heavy atom. The van der Waals surface area contributed by atoms with Crippen LogP contribution in [-0.2, 0) is 4.74 Å². The molecular weight excluding hydrogens is 218 g/mol. The normalized spacial score (nSPS) is 20.9. The Morgan fingerprint density at radius 3 is 3.06 bits per heavy atom. The molecule has 90 valence electrons. The maximum Gasteiger partial charge on any atom is 0.169 e. The highest BCUT2D eigenvalue weighted by molar-refractivity contribution is 5.40. The molecule has 1 atom stereocenters. The number of fused-ring (bicyclic) bond motifs is 1. The maximum atomic E-state index is 5.70. The number of aryl methyl sites for hydroxylation is 2. The molecule has 6 nitrogen and oxygen atoms in total. The third-order valence-corrected chi connectivity index (χ3v) is 2.93. The van der Waals surface area contributed by atoms with E-state index < -0.39 is 0 Å². The van der Waals surface area contributed by atoms with Crippen molar-refractivity contribution in [3.63, 3.8) is 0 Å². The molecule has 0 saturated carbocycles. The van der Waals surface area contributed by atoms with E-state index in [1.165, 1.54) is 0 Å². The quantitative estimate of drug-likeness (QED) is 0.772. The second-order valence-electron chi connectivity index (χ2n) is 4.26. The fourth-order valence-corrected chi connectivity index (χ4v) is 2.20. The molecule has 3 rings (SSSR count). The molecule has 2 aromatic heterocycles. The van der Waals surface area contributed by atoms with Gasteiger partial charge in [0.05, 0.1) is 6.61 Å². The van der Waals surface area contributed by atoms with Gasteiger partial charge in [-0.1, -0.05) is 0 Å². The van der Waals surface area contributed by atoms with Crippen molar-refractivity contribution in [3.8, 4) is 0 Å². The topological polar surface area (TPSA) is 64.3 Å². The molecular formula is C11H15N5O. The number of nitrogens with one attached hydrogen (secondary N) is 1. The van der Waals surface area contributed by atoms with Gasteiger partial charge in [-0.05, 0) is 13.8 Å². The molecule has 17 heavy (non-hydrogen) atoms. The number of hydrogen-bond acceptors (Lipinski definition) is 5. The largest absolute Gasteiger partial charge is 0.368 e. The van der Waals surface area contributed by atoms with Crippen molar-refractivity contribution in [3.05, 3.63) is 23.4 Å². The lowest BCUT2D eigenvalue weighted by Crippen LogP contribution is -2.34. The van der Waals surface area contributed by atoms with Crippen LogP contribution in [0, 0.1) is 13.8 Å². The van der Waals surface area contributed by atoms with Gasteiger partial charge >= 0.3 is 0 Å². The first-order valence-electron chi connectivity index (χ1n) is 5.77. The van der Waals surface area contributed by atoms with Crippen molar-refractivity contribution >= 4 is 5.65 Å². The van der Waals surface area contributed by atoms with Crippen LogP contribution in [0.1, 0.15) is 23.4 Å². The van der Waals surface area contributed by atoms with Gasteiger partial charge in [-0.15, -0.1) is 10.2 Å². The molecule has 0 spiro atoms. The van der Waals surface area contributed by atoms with E-state index in [1.54, 1.807) is 0 Å². The van der Waals surface area contributed by atoms with Crippen molar-refractivity contribution in [2.45, 2.75) is 20.0 Å². The summed E-state index contributed by atoms with van der Waals surface area (Å²) in [7, 11) is 0. The molecule has 0 aliphatic carbocycles. The second-order valence-corrected chi connectivity index (χ2v) is 4.26. The van der Waals surface area contributed by atoms with Crippen molar-refractivity contribution in [2.75, 3.05) is 19.7 Å². The van der Waals surface area contributed by atoms with Crippen LogP contribution < -0.4 is 5.32 Å². The van der Waals surface area contributed by atoms with Crippen molar-refractivity contribution in [1.29, 1.82) is 0 Å². The zero-order chi connectivity index (χ0) is 11.8. The van der Waals surface area contributed by atoms with E-state index in [2.05, 4.69) is 20.5 Å². The predicted octanol–water partition coefficient (Wildman–Crippen LogP) is 0.402. The van der Waals surface area contributed by atoms with Crippen molar-refractivity contribution < 1.29 is 4.74 Å². The number of aromatic nitrogens is 4. The van der Waals surface area contributed by atoms with Gasteiger partial charge < -0.3 is 10.1 Å². The van der Waals surface area contributed by atoms with Crippen molar-refractivity contribution in [1.82, 2.24) is 24.9 Å².